The maximum atomic E-state index is 11.0. The molecule has 2 aliphatic heterocycles. The zero-order valence-corrected chi connectivity index (χ0v) is 16.8. The van der Waals surface area contributed by atoms with Gasteiger partial charge in [0.05, 0.1) is 0 Å². The first-order chi connectivity index (χ1) is 14.7. The number of ether oxygens (including phenoxy) is 6. The van der Waals surface area contributed by atoms with Gasteiger partial charge in [0.1, 0.15) is 42.6 Å². The summed E-state index contributed by atoms with van der Waals surface area (Å²) in [4.78, 5) is 0. The number of nitrogens with one attached hydrogen (secondary N) is 1. The van der Waals surface area contributed by atoms with Crippen molar-refractivity contribution in [1.29, 1.82) is 0 Å². The molecule has 30 heavy (non-hydrogen) atoms. The molecule has 2 aliphatic rings. The minimum Gasteiger partial charge on any atom is -0.486 e. The molecule has 0 saturated heterocycles. The van der Waals surface area contributed by atoms with Gasteiger partial charge in [-0.3, -0.25) is 5.43 Å². The SMILES string of the molecule is COCOc1ccc(C2=NN[C@@H](c3ccc4c(c3)OCCO4)[C@@H]2O)c(OCOC)c1. The van der Waals surface area contributed by atoms with Crippen molar-refractivity contribution in [1.82, 2.24) is 5.43 Å². The van der Waals surface area contributed by atoms with Crippen LogP contribution < -0.4 is 24.4 Å². The Morgan fingerprint density at radius 1 is 1.00 bits per heavy atom. The molecule has 9 nitrogen and oxygen atoms in total. The maximum absolute atomic E-state index is 11.0. The lowest BCUT2D eigenvalue weighted by Gasteiger charge is -2.22. The van der Waals surface area contributed by atoms with E-state index in [2.05, 4.69) is 10.5 Å². The first-order valence-electron chi connectivity index (χ1n) is 9.50. The van der Waals surface area contributed by atoms with Crippen molar-refractivity contribution < 1.29 is 33.5 Å². The molecule has 0 spiro atoms. The van der Waals surface area contributed by atoms with E-state index in [0.717, 1.165) is 5.56 Å². The number of hydrogen-bond donors (Lipinski definition) is 2. The van der Waals surface area contributed by atoms with Gasteiger partial charge in [-0.1, -0.05) is 6.07 Å². The molecule has 9 heteroatoms. The first-order valence-corrected chi connectivity index (χ1v) is 9.50. The summed E-state index contributed by atoms with van der Waals surface area (Å²) in [6.07, 6.45) is -0.900. The highest BCUT2D eigenvalue weighted by molar-refractivity contribution is 6.07. The van der Waals surface area contributed by atoms with Crippen LogP contribution in [0, 0.1) is 0 Å². The zero-order valence-electron chi connectivity index (χ0n) is 16.8. The first kappa shape index (κ1) is 20.3. The normalized spacial score (nSPS) is 19.8. The smallest absolute Gasteiger partial charge is 0.188 e. The average Bonchev–Trinajstić information content (AvgIpc) is 3.17. The number of methoxy groups -OCH3 is 2. The van der Waals surface area contributed by atoms with Gasteiger partial charge in [0.25, 0.3) is 0 Å². The number of hydrazone groups is 1. The number of hydrogen-bond acceptors (Lipinski definition) is 9. The fourth-order valence-corrected chi connectivity index (χ4v) is 3.34. The number of aliphatic hydroxyl groups excluding tert-OH is 1. The topological polar surface area (TPSA) is 100 Å². The van der Waals surface area contributed by atoms with Gasteiger partial charge in [-0.15, -0.1) is 0 Å². The van der Waals surface area contributed by atoms with E-state index in [0.29, 0.717) is 47.5 Å². The molecule has 0 aromatic heterocycles. The zero-order chi connectivity index (χ0) is 20.9. The van der Waals surface area contributed by atoms with E-state index in [1.807, 2.05) is 18.2 Å². The molecular weight excluding hydrogens is 392 g/mol. The van der Waals surface area contributed by atoms with Crippen LogP contribution in [0.15, 0.2) is 41.5 Å². The van der Waals surface area contributed by atoms with Crippen LogP contribution in [0.25, 0.3) is 0 Å². The number of nitrogens with zero attached hydrogens (tertiary/aromatic N) is 1. The van der Waals surface area contributed by atoms with E-state index in [1.54, 1.807) is 25.3 Å². The molecule has 0 fully saturated rings. The fraction of sp³-hybridized carbons (Fsp3) is 0.381. The second-order valence-electron chi connectivity index (χ2n) is 6.71. The number of rotatable bonds is 8. The van der Waals surface area contributed by atoms with Crippen LogP contribution >= 0.6 is 0 Å². The maximum Gasteiger partial charge on any atom is 0.188 e. The second-order valence-corrected chi connectivity index (χ2v) is 6.71. The van der Waals surface area contributed by atoms with Gasteiger partial charge < -0.3 is 33.5 Å². The van der Waals surface area contributed by atoms with E-state index < -0.39 is 12.1 Å². The lowest BCUT2D eigenvalue weighted by molar-refractivity contribution is 0.0459. The summed E-state index contributed by atoms with van der Waals surface area (Å²) in [6, 6.07) is 10.4. The highest BCUT2D eigenvalue weighted by Crippen LogP contribution is 2.36. The molecule has 0 unspecified atom stereocenters. The molecule has 2 N–H and O–H groups in total. The van der Waals surface area contributed by atoms with E-state index in [-0.39, 0.29) is 13.6 Å². The van der Waals surface area contributed by atoms with Gasteiger partial charge in [-0.2, -0.15) is 5.10 Å². The average molecular weight is 416 g/mol. The van der Waals surface area contributed by atoms with Crippen molar-refractivity contribution >= 4 is 5.71 Å². The quantitative estimate of drug-likeness (QED) is 0.629. The van der Waals surface area contributed by atoms with Crippen molar-refractivity contribution in [3.8, 4) is 23.0 Å². The third-order valence-corrected chi connectivity index (χ3v) is 4.75. The second kappa shape index (κ2) is 9.21. The van der Waals surface area contributed by atoms with Crippen LogP contribution in [0.2, 0.25) is 0 Å². The molecule has 2 aromatic rings. The number of aliphatic hydroxyl groups is 1. The lowest BCUT2D eigenvalue weighted by Crippen LogP contribution is -2.28. The largest absolute Gasteiger partial charge is 0.486 e. The van der Waals surface area contributed by atoms with E-state index in [1.165, 1.54) is 7.11 Å². The summed E-state index contributed by atoms with van der Waals surface area (Å²) in [5.74, 6) is 2.40. The minimum atomic E-state index is -0.900. The minimum absolute atomic E-state index is 0.0448. The summed E-state index contributed by atoms with van der Waals surface area (Å²) < 4.78 is 32.3. The van der Waals surface area contributed by atoms with Gasteiger partial charge in [0.2, 0.25) is 0 Å². The Balaban J connectivity index is 1.57. The van der Waals surface area contributed by atoms with Gasteiger partial charge in [0, 0.05) is 25.8 Å². The van der Waals surface area contributed by atoms with Crippen molar-refractivity contribution in [3.63, 3.8) is 0 Å². The Labute approximate surface area is 174 Å². The Morgan fingerprint density at radius 3 is 2.57 bits per heavy atom. The molecule has 0 saturated carbocycles. The third-order valence-electron chi connectivity index (χ3n) is 4.75. The van der Waals surface area contributed by atoms with Gasteiger partial charge in [0.15, 0.2) is 25.1 Å². The molecule has 0 bridgehead atoms. The molecule has 0 radical (unpaired) electrons. The molecule has 0 amide bonds. The van der Waals surface area contributed by atoms with Crippen LogP contribution in [-0.4, -0.2) is 57.9 Å². The molecule has 2 heterocycles. The summed E-state index contributed by atoms with van der Waals surface area (Å²) >= 11 is 0. The van der Waals surface area contributed by atoms with E-state index >= 15 is 0 Å². The Bertz CT molecular complexity index is 918. The Morgan fingerprint density at radius 2 is 1.77 bits per heavy atom. The monoisotopic (exact) mass is 416 g/mol. The van der Waals surface area contributed by atoms with Gasteiger partial charge >= 0.3 is 0 Å². The van der Waals surface area contributed by atoms with Crippen molar-refractivity contribution in [2.24, 2.45) is 5.10 Å². The highest BCUT2D eigenvalue weighted by atomic mass is 16.7. The van der Waals surface area contributed by atoms with Gasteiger partial charge in [-0.05, 0) is 29.8 Å². The van der Waals surface area contributed by atoms with Gasteiger partial charge in [-0.25, -0.2) is 0 Å². The summed E-state index contributed by atoms with van der Waals surface area (Å²) in [6.45, 7) is 1.18. The fourth-order valence-electron chi connectivity index (χ4n) is 3.34. The third kappa shape index (κ3) is 4.13. The Hall–Kier alpha value is -3.01. The van der Waals surface area contributed by atoms with E-state index in [4.69, 9.17) is 28.4 Å². The molecule has 0 aliphatic carbocycles. The standard InChI is InChI=1S/C21H24N2O7/c1-25-11-29-14-4-5-15(17(10-14)30-12-26-2)20-21(24)19(22-23-20)13-3-6-16-18(9-13)28-8-7-27-16/h3-6,9-10,19,21-22,24H,7-8,11-12H2,1-2H3/t19-,21-/m0/s1. The highest BCUT2D eigenvalue weighted by Gasteiger charge is 2.34. The van der Waals surface area contributed by atoms with Crippen LogP contribution in [-0.2, 0) is 9.47 Å². The number of benzene rings is 2. The summed E-state index contributed by atoms with van der Waals surface area (Å²) in [5.41, 5.74) is 4.95. The molecule has 160 valence electrons. The molecule has 2 atom stereocenters. The predicted molar refractivity (Wildman–Crippen MR) is 107 cm³/mol. The van der Waals surface area contributed by atoms with Crippen molar-refractivity contribution in [2.45, 2.75) is 12.1 Å². The van der Waals surface area contributed by atoms with E-state index in [9.17, 15) is 5.11 Å². The summed E-state index contributed by atoms with van der Waals surface area (Å²) in [7, 11) is 3.08. The van der Waals surface area contributed by atoms with Crippen LogP contribution in [0.5, 0.6) is 23.0 Å². The van der Waals surface area contributed by atoms with Crippen LogP contribution in [0.4, 0.5) is 0 Å². The molecule has 4 rings (SSSR count). The van der Waals surface area contributed by atoms with Crippen LogP contribution in [0.3, 0.4) is 0 Å². The predicted octanol–water partition coefficient (Wildman–Crippen LogP) is 1.83. The van der Waals surface area contributed by atoms with Crippen molar-refractivity contribution in [3.05, 3.63) is 47.5 Å². The van der Waals surface area contributed by atoms with Crippen LogP contribution in [0.1, 0.15) is 17.2 Å². The molecule has 2 aromatic carbocycles. The Kier molecular flexibility index (Phi) is 6.22. The number of fused-ring (bicyclic) bond motifs is 1. The molecular formula is C21H24N2O7. The summed E-state index contributed by atoms with van der Waals surface area (Å²) in [5, 5.41) is 15.4. The van der Waals surface area contributed by atoms with Crippen molar-refractivity contribution in [2.75, 3.05) is 41.0 Å². The lowest BCUT2D eigenvalue weighted by atomic mass is 9.95.